The molecule has 0 saturated carbocycles. The molecule has 0 aliphatic rings. The molecule has 0 aliphatic carbocycles. The van der Waals surface area contributed by atoms with Gasteiger partial charge in [0.1, 0.15) is 0 Å². The summed E-state index contributed by atoms with van der Waals surface area (Å²) in [5.41, 5.74) is 1.19. The Morgan fingerprint density at radius 3 is 1.89 bits per heavy atom. The summed E-state index contributed by atoms with van der Waals surface area (Å²) >= 11 is 0. The molecule has 0 heterocycles. The number of ketones is 1. The van der Waals surface area contributed by atoms with Crippen molar-refractivity contribution in [3.63, 3.8) is 0 Å². The summed E-state index contributed by atoms with van der Waals surface area (Å²) in [5.74, 6) is -0.00185. The Bertz CT molecular complexity index is 168. The Labute approximate surface area is 55.3 Å². The molecule has 2 heteroatoms. The predicted octanol–water partition coefficient (Wildman–Crippen LogP) is 1.57. The smallest absolute Gasteiger partial charge is 0.173 e. The lowest BCUT2D eigenvalue weighted by atomic mass is 10.3. The summed E-state index contributed by atoms with van der Waals surface area (Å²) < 4.78 is 0. The zero-order valence-electron chi connectivity index (χ0n) is 6.06. The molecule has 0 unspecified atom stereocenters. The van der Waals surface area contributed by atoms with Crippen LogP contribution in [0, 0.1) is 0 Å². The van der Waals surface area contributed by atoms with E-state index in [1.165, 1.54) is 6.92 Å². The van der Waals surface area contributed by atoms with Gasteiger partial charge in [-0.25, -0.2) is 0 Å². The van der Waals surface area contributed by atoms with Gasteiger partial charge in [-0.2, -0.15) is 0 Å². The van der Waals surface area contributed by atoms with Crippen molar-refractivity contribution in [2.24, 2.45) is 4.99 Å². The van der Waals surface area contributed by atoms with Crippen LogP contribution in [-0.2, 0) is 4.79 Å². The summed E-state index contributed by atoms with van der Waals surface area (Å²) in [6.45, 7) is 8.46. The van der Waals surface area contributed by atoms with E-state index in [2.05, 4.69) is 11.6 Å². The number of hydrogen-bond acceptors (Lipinski definition) is 2. The molecule has 0 atom stereocenters. The van der Waals surface area contributed by atoms with Crippen molar-refractivity contribution in [1.82, 2.24) is 0 Å². The normalized spacial score (nSPS) is 11.2. The van der Waals surface area contributed by atoms with Gasteiger partial charge in [0.05, 0.1) is 5.71 Å². The molecule has 0 saturated heterocycles. The first-order chi connectivity index (χ1) is 4.04. The summed E-state index contributed by atoms with van der Waals surface area (Å²) in [6, 6.07) is 0. The van der Waals surface area contributed by atoms with Crippen LogP contribution in [0.25, 0.3) is 0 Å². The molecule has 0 aromatic heterocycles. The van der Waals surface area contributed by atoms with Gasteiger partial charge in [0.2, 0.25) is 0 Å². The molecule has 0 N–H and O–H groups in total. The van der Waals surface area contributed by atoms with Gasteiger partial charge >= 0.3 is 0 Å². The van der Waals surface area contributed by atoms with Crippen LogP contribution >= 0.6 is 0 Å². The van der Waals surface area contributed by atoms with Crippen LogP contribution < -0.4 is 0 Å². The first-order valence-corrected chi connectivity index (χ1v) is 2.75. The second kappa shape index (κ2) is 3.17. The van der Waals surface area contributed by atoms with Crippen LogP contribution in [0.3, 0.4) is 0 Å². The molecular formula is C7H11NO. The number of carbonyl (C=O) groups is 1. The number of rotatable bonds is 2. The van der Waals surface area contributed by atoms with E-state index in [0.29, 0.717) is 11.4 Å². The molecule has 0 aromatic carbocycles. The summed E-state index contributed by atoms with van der Waals surface area (Å²) in [5, 5.41) is 0. The SMILES string of the molecule is C=C(C)N=C(C)C(C)=O. The van der Waals surface area contributed by atoms with Gasteiger partial charge < -0.3 is 0 Å². The Balaban J connectivity index is 4.17. The van der Waals surface area contributed by atoms with Gasteiger partial charge in [0.25, 0.3) is 0 Å². The van der Waals surface area contributed by atoms with Gasteiger partial charge in [-0.3, -0.25) is 9.79 Å². The van der Waals surface area contributed by atoms with Crippen LogP contribution in [0.1, 0.15) is 20.8 Å². The fourth-order valence-corrected chi connectivity index (χ4v) is 0.365. The first kappa shape index (κ1) is 8.08. The molecule has 0 fully saturated rings. The van der Waals surface area contributed by atoms with Gasteiger partial charge in [-0.05, 0) is 13.8 Å². The highest BCUT2D eigenvalue weighted by molar-refractivity contribution is 6.38. The average Bonchev–Trinajstić information content (AvgIpc) is 1.63. The maximum atomic E-state index is 10.5. The molecule has 50 valence electrons. The quantitative estimate of drug-likeness (QED) is 0.515. The van der Waals surface area contributed by atoms with Crippen LogP contribution in [0.5, 0.6) is 0 Å². The zero-order chi connectivity index (χ0) is 7.44. The lowest BCUT2D eigenvalue weighted by molar-refractivity contribution is -0.111. The highest BCUT2D eigenvalue weighted by atomic mass is 16.1. The fourth-order valence-electron chi connectivity index (χ4n) is 0.365. The lowest BCUT2D eigenvalue weighted by Gasteiger charge is -1.90. The van der Waals surface area contributed by atoms with E-state index in [9.17, 15) is 4.79 Å². The average molecular weight is 125 g/mol. The van der Waals surface area contributed by atoms with Gasteiger partial charge in [-0.1, -0.05) is 6.58 Å². The molecule has 2 nitrogen and oxygen atoms in total. The van der Waals surface area contributed by atoms with Crippen LogP contribution in [0.2, 0.25) is 0 Å². The molecule has 9 heavy (non-hydrogen) atoms. The topological polar surface area (TPSA) is 29.4 Å². The highest BCUT2D eigenvalue weighted by Crippen LogP contribution is 1.90. The van der Waals surface area contributed by atoms with Gasteiger partial charge in [0.15, 0.2) is 5.78 Å². The second-order valence-electron chi connectivity index (χ2n) is 1.99. The molecule has 0 aromatic rings. The van der Waals surface area contributed by atoms with Crippen molar-refractivity contribution >= 4 is 11.5 Å². The molecule has 0 spiro atoms. The monoisotopic (exact) mass is 125 g/mol. The largest absolute Gasteiger partial charge is 0.293 e. The Morgan fingerprint density at radius 1 is 1.33 bits per heavy atom. The lowest BCUT2D eigenvalue weighted by Crippen LogP contribution is -2.03. The molecule has 0 radical (unpaired) electrons. The van der Waals surface area contributed by atoms with Gasteiger partial charge in [-0.15, -0.1) is 0 Å². The summed E-state index contributed by atoms with van der Waals surface area (Å²) in [7, 11) is 0. The number of Topliss-reactive ketones (excluding diaryl/α,β-unsaturated/α-hetero) is 1. The molecule has 0 rings (SSSR count). The van der Waals surface area contributed by atoms with Gasteiger partial charge in [0, 0.05) is 12.6 Å². The molecular weight excluding hydrogens is 114 g/mol. The number of carbonyl (C=O) groups excluding carboxylic acids is 1. The van der Waals surface area contributed by atoms with Crippen molar-refractivity contribution < 1.29 is 4.79 Å². The Morgan fingerprint density at radius 2 is 1.78 bits per heavy atom. The molecule has 0 amide bonds. The van der Waals surface area contributed by atoms with Crippen molar-refractivity contribution in [2.75, 3.05) is 0 Å². The minimum Gasteiger partial charge on any atom is -0.293 e. The molecule has 0 bridgehead atoms. The van der Waals surface area contributed by atoms with E-state index < -0.39 is 0 Å². The second-order valence-corrected chi connectivity index (χ2v) is 1.99. The maximum Gasteiger partial charge on any atom is 0.173 e. The van der Waals surface area contributed by atoms with Crippen LogP contribution in [-0.4, -0.2) is 11.5 Å². The molecule has 0 aliphatic heterocycles. The third-order valence-electron chi connectivity index (χ3n) is 0.868. The van der Waals surface area contributed by atoms with E-state index in [1.54, 1.807) is 13.8 Å². The summed E-state index contributed by atoms with van der Waals surface area (Å²) in [6.07, 6.45) is 0. The van der Waals surface area contributed by atoms with Crippen LogP contribution in [0.4, 0.5) is 0 Å². The van der Waals surface area contributed by atoms with E-state index in [-0.39, 0.29) is 5.78 Å². The van der Waals surface area contributed by atoms with E-state index in [1.807, 2.05) is 0 Å². The first-order valence-electron chi connectivity index (χ1n) is 2.75. The van der Waals surface area contributed by atoms with Crippen molar-refractivity contribution in [2.45, 2.75) is 20.8 Å². The van der Waals surface area contributed by atoms with Crippen molar-refractivity contribution in [3.8, 4) is 0 Å². The third kappa shape index (κ3) is 3.64. The Hall–Kier alpha value is -0.920. The van der Waals surface area contributed by atoms with E-state index in [0.717, 1.165) is 0 Å². The highest BCUT2D eigenvalue weighted by Gasteiger charge is 1.94. The number of aliphatic imine (C=N–C) groups is 1. The minimum absolute atomic E-state index is 0.00185. The minimum atomic E-state index is -0.00185. The van der Waals surface area contributed by atoms with Crippen molar-refractivity contribution in [3.05, 3.63) is 12.3 Å². The summed E-state index contributed by atoms with van der Waals surface area (Å²) in [4.78, 5) is 14.4. The Kier molecular flexibility index (Phi) is 2.85. The fraction of sp³-hybridized carbons (Fsp3) is 0.429. The maximum absolute atomic E-state index is 10.5. The standard InChI is InChI=1S/C7H11NO/c1-5(2)8-6(3)7(4)9/h1H2,2-4H3. The number of allylic oxidation sites excluding steroid dienone is 1. The number of hydrogen-bond donors (Lipinski definition) is 0. The van der Waals surface area contributed by atoms with Crippen LogP contribution in [0.15, 0.2) is 17.3 Å². The van der Waals surface area contributed by atoms with E-state index >= 15 is 0 Å². The zero-order valence-corrected chi connectivity index (χ0v) is 6.06. The van der Waals surface area contributed by atoms with Crippen molar-refractivity contribution in [1.29, 1.82) is 0 Å². The van der Waals surface area contributed by atoms with E-state index in [4.69, 9.17) is 0 Å². The third-order valence-corrected chi connectivity index (χ3v) is 0.868. The predicted molar refractivity (Wildman–Crippen MR) is 38.6 cm³/mol. The number of nitrogens with zero attached hydrogens (tertiary/aromatic N) is 1.